The van der Waals surface area contributed by atoms with Gasteiger partial charge < -0.3 is 10.2 Å². The zero-order valence-corrected chi connectivity index (χ0v) is 12.1. The van der Waals surface area contributed by atoms with Gasteiger partial charge in [0.05, 0.1) is 0 Å². The van der Waals surface area contributed by atoms with Crippen LogP contribution in [-0.2, 0) is 0 Å². The van der Waals surface area contributed by atoms with Crippen molar-refractivity contribution < 1.29 is 8.78 Å². The molecule has 0 aliphatic heterocycles. The van der Waals surface area contributed by atoms with E-state index >= 15 is 0 Å². The molecule has 0 saturated carbocycles. The van der Waals surface area contributed by atoms with Crippen molar-refractivity contribution in [2.24, 2.45) is 0 Å². The van der Waals surface area contributed by atoms with Crippen molar-refractivity contribution in [3.05, 3.63) is 24.3 Å². The van der Waals surface area contributed by atoms with E-state index in [0.29, 0.717) is 27.8 Å². The molecule has 0 radical (unpaired) electrons. The molecule has 1 N–H and O–H groups in total. The van der Waals surface area contributed by atoms with E-state index in [1.807, 2.05) is 25.8 Å². The molecule has 0 spiro atoms. The van der Waals surface area contributed by atoms with Gasteiger partial charge in [-0.15, -0.1) is 0 Å². The molecule has 0 aliphatic rings. The van der Waals surface area contributed by atoms with Crippen molar-refractivity contribution in [2.45, 2.75) is 30.5 Å². The smallest absolute Gasteiger partial charge is 0.288 e. The Hall–Kier alpha value is -0.880. The molecule has 1 rings (SSSR count). The molecule has 2 nitrogen and oxygen atoms in total. The van der Waals surface area contributed by atoms with Gasteiger partial charge >= 0.3 is 0 Å². The van der Waals surface area contributed by atoms with Crippen molar-refractivity contribution in [3.63, 3.8) is 0 Å². The van der Waals surface area contributed by atoms with E-state index in [9.17, 15) is 8.78 Å². The van der Waals surface area contributed by atoms with Crippen LogP contribution in [0.2, 0.25) is 0 Å². The van der Waals surface area contributed by atoms with Crippen molar-refractivity contribution in [1.29, 1.82) is 0 Å². The second-order valence-electron chi connectivity index (χ2n) is 4.04. The standard InChI is InChI=1S/C12H16F2N2S2/c1-8(2)16(3)12(17)15-9-4-6-10(7-5-9)18-11(13)14/h4-8,11H,1-3H3,(H,15,17). The highest BCUT2D eigenvalue weighted by Crippen LogP contribution is 2.26. The van der Waals surface area contributed by atoms with Crippen LogP contribution in [-0.4, -0.2) is 28.9 Å². The van der Waals surface area contributed by atoms with Crippen molar-refractivity contribution in [1.82, 2.24) is 4.90 Å². The fourth-order valence-corrected chi connectivity index (χ4v) is 1.99. The first-order valence-electron chi connectivity index (χ1n) is 5.49. The summed E-state index contributed by atoms with van der Waals surface area (Å²) in [7, 11) is 1.90. The van der Waals surface area contributed by atoms with Gasteiger partial charge in [0, 0.05) is 23.7 Å². The molecule has 0 heterocycles. The lowest BCUT2D eigenvalue weighted by molar-refractivity contribution is 0.252. The zero-order valence-electron chi connectivity index (χ0n) is 10.5. The Balaban J connectivity index is 2.61. The summed E-state index contributed by atoms with van der Waals surface area (Å²) in [6.07, 6.45) is 0. The van der Waals surface area contributed by atoms with Crippen molar-refractivity contribution in [3.8, 4) is 0 Å². The maximum Gasteiger partial charge on any atom is 0.288 e. The summed E-state index contributed by atoms with van der Waals surface area (Å²) in [6, 6.07) is 7.09. The van der Waals surface area contributed by atoms with E-state index in [4.69, 9.17) is 12.2 Å². The summed E-state index contributed by atoms with van der Waals surface area (Å²) in [5, 5.41) is 3.67. The van der Waals surface area contributed by atoms with Gasteiger partial charge in [-0.05, 0) is 50.3 Å². The van der Waals surface area contributed by atoms with Crippen molar-refractivity contribution in [2.75, 3.05) is 12.4 Å². The number of thioether (sulfide) groups is 1. The van der Waals surface area contributed by atoms with E-state index in [0.717, 1.165) is 5.69 Å². The van der Waals surface area contributed by atoms with Crippen molar-refractivity contribution >= 4 is 34.8 Å². The molecule has 0 unspecified atom stereocenters. The molecule has 0 amide bonds. The summed E-state index contributed by atoms with van der Waals surface area (Å²) >= 11 is 5.76. The van der Waals surface area contributed by atoms with Gasteiger partial charge in [-0.25, -0.2) is 0 Å². The summed E-state index contributed by atoms with van der Waals surface area (Å²) < 4.78 is 24.3. The molecule has 1 aromatic rings. The maximum absolute atomic E-state index is 12.1. The van der Waals surface area contributed by atoms with Crippen LogP contribution in [0.3, 0.4) is 0 Å². The van der Waals surface area contributed by atoms with Gasteiger partial charge in [0.15, 0.2) is 5.11 Å². The fourth-order valence-electron chi connectivity index (χ4n) is 1.17. The number of hydrogen-bond acceptors (Lipinski definition) is 2. The van der Waals surface area contributed by atoms with E-state index in [1.54, 1.807) is 24.3 Å². The minimum Gasteiger partial charge on any atom is -0.350 e. The Morgan fingerprint density at radius 1 is 1.28 bits per heavy atom. The highest BCUT2D eigenvalue weighted by Gasteiger charge is 2.08. The Morgan fingerprint density at radius 2 is 1.83 bits per heavy atom. The highest BCUT2D eigenvalue weighted by atomic mass is 32.2. The van der Waals surface area contributed by atoms with Gasteiger partial charge in [0.1, 0.15) is 0 Å². The number of benzene rings is 1. The minimum atomic E-state index is -2.39. The molecule has 0 atom stereocenters. The molecule has 0 bridgehead atoms. The summed E-state index contributed by atoms with van der Waals surface area (Å²) in [5.74, 6) is -2.39. The third-order valence-corrected chi connectivity index (χ3v) is 3.54. The Labute approximate surface area is 116 Å². The quantitative estimate of drug-likeness (QED) is 0.664. The van der Waals surface area contributed by atoms with Crippen LogP contribution in [0.25, 0.3) is 0 Å². The first-order chi connectivity index (χ1) is 8.40. The molecule has 0 fully saturated rings. The third kappa shape index (κ3) is 4.78. The Bertz CT molecular complexity index is 394. The lowest BCUT2D eigenvalue weighted by Gasteiger charge is -2.24. The van der Waals surface area contributed by atoms with Gasteiger partial charge in [0.2, 0.25) is 0 Å². The molecule has 1 aromatic carbocycles. The molecular weight excluding hydrogens is 274 g/mol. The average Bonchev–Trinajstić information content (AvgIpc) is 2.29. The Morgan fingerprint density at radius 3 is 2.28 bits per heavy atom. The van der Waals surface area contributed by atoms with Gasteiger partial charge in [-0.1, -0.05) is 11.8 Å². The fraction of sp³-hybridized carbons (Fsp3) is 0.417. The van der Waals surface area contributed by atoms with E-state index in [1.165, 1.54) is 0 Å². The molecular formula is C12H16F2N2S2. The number of nitrogens with zero attached hydrogens (tertiary/aromatic N) is 1. The molecule has 0 aliphatic carbocycles. The normalized spacial score (nSPS) is 10.8. The van der Waals surface area contributed by atoms with Crippen LogP contribution >= 0.6 is 24.0 Å². The summed E-state index contributed by atoms with van der Waals surface area (Å²) in [4.78, 5) is 2.47. The topological polar surface area (TPSA) is 15.3 Å². The molecule has 6 heteroatoms. The number of alkyl halides is 2. The Kier molecular flexibility index (Phi) is 5.81. The first kappa shape index (κ1) is 15.2. The van der Waals surface area contributed by atoms with Crippen LogP contribution in [0.1, 0.15) is 13.8 Å². The predicted octanol–water partition coefficient (Wildman–Crippen LogP) is 4.04. The minimum absolute atomic E-state index is 0.304. The lowest BCUT2D eigenvalue weighted by atomic mass is 10.3. The third-order valence-electron chi connectivity index (χ3n) is 2.43. The predicted molar refractivity (Wildman–Crippen MR) is 77.4 cm³/mol. The van der Waals surface area contributed by atoms with Crippen LogP contribution in [0, 0.1) is 0 Å². The maximum atomic E-state index is 12.1. The van der Waals surface area contributed by atoms with Gasteiger partial charge in [-0.2, -0.15) is 8.78 Å². The highest BCUT2D eigenvalue weighted by molar-refractivity contribution is 7.99. The first-order valence-corrected chi connectivity index (χ1v) is 6.77. The van der Waals surface area contributed by atoms with Gasteiger partial charge in [0.25, 0.3) is 5.76 Å². The SMILES string of the molecule is CC(C)N(C)C(=S)Nc1ccc(SC(F)F)cc1. The number of thiocarbonyl (C=S) groups is 1. The molecule has 18 heavy (non-hydrogen) atoms. The second-order valence-corrected chi connectivity index (χ2v) is 5.49. The number of nitrogens with one attached hydrogen (secondary N) is 1. The van der Waals surface area contributed by atoms with E-state index < -0.39 is 5.76 Å². The molecule has 0 aromatic heterocycles. The van der Waals surface area contributed by atoms with Crippen LogP contribution in [0.5, 0.6) is 0 Å². The number of rotatable bonds is 4. The zero-order chi connectivity index (χ0) is 13.7. The second kappa shape index (κ2) is 6.89. The van der Waals surface area contributed by atoms with E-state index in [2.05, 4.69) is 5.32 Å². The summed E-state index contributed by atoms with van der Waals surface area (Å²) in [5.41, 5.74) is 0.797. The largest absolute Gasteiger partial charge is 0.350 e. The summed E-state index contributed by atoms with van der Waals surface area (Å²) in [6.45, 7) is 4.08. The number of halogens is 2. The number of anilines is 1. The molecule has 100 valence electrons. The van der Waals surface area contributed by atoms with Crippen LogP contribution < -0.4 is 5.32 Å². The average molecular weight is 290 g/mol. The monoisotopic (exact) mass is 290 g/mol. The molecule has 0 saturated heterocycles. The number of hydrogen-bond donors (Lipinski definition) is 1. The van der Waals surface area contributed by atoms with E-state index in [-0.39, 0.29) is 0 Å². The van der Waals surface area contributed by atoms with Gasteiger partial charge in [-0.3, -0.25) is 0 Å². The van der Waals surface area contributed by atoms with Crippen LogP contribution in [0.4, 0.5) is 14.5 Å². The lowest BCUT2D eigenvalue weighted by Crippen LogP contribution is -2.36. The van der Waals surface area contributed by atoms with Crippen LogP contribution in [0.15, 0.2) is 29.2 Å².